The van der Waals surface area contributed by atoms with Gasteiger partial charge < -0.3 is 10.6 Å². The van der Waals surface area contributed by atoms with Crippen LogP contribution in [0.25, 0.3) is 0 Å². The first-order valence-corrected chi connectivity index (χ1v) is 7.08. The van der Waals surface area contributed by atoms with E-state index in [2.05, 4.69) is 21.8 Å². The number of urea groups is 1. The molecule has 1 atom stereocenters. The highest BCUT2D eigenvalue weighted by molar-refractivity contribution is 7.10. The average molecular weight is 278 g/mol. The normalized spacial score (nSPS) is 12.1. The van der Waals surface area contributed by atoms with Gasteiger partial charge in [0, 0.05) is 23.3 Å². The monoisotopic (exact) mass is 278 g/mol. The summed E-state index contributed by atoms with van der Waals surface area (Å²) in [7, 11) is 0. The number of aromatic nitrogens is 2. The fourth-order valence-electron chi connectivity index (χ4n) is 1.76. The number of carbonyl (C=O) groups excluding carboxylic acids is 1. The van der Waals surface area contributed by atoms with Gasteiger partial charge in [-0.25, -0.2) is 4.79 Å². The van der Waals surface area contributed by atoms with Gasteiger partial charge in [-0.05, 0) is 36.9 Å². The highest BCUT2D eigenvalue weighted by atomic mass is 32.1. The minimum absolute atomic E-state index is 0.0318. The summed E-state index contributed by atoms with van der Waals surface area (Å²) in [5.41, 5.74) is 1.22. The number of aryl methyl sites for hydroxylation is 1. The molecule has 6 heteroatoms. The maximum atomic E-state index is 11.7. The van der Waals surface area contributed by atoms with E-state index in [4.69, 9.17) is 0 Å². The lowest BCUT2D eigenvalue weighted by molar-refractivity contribution is 0.236. The van der Waals surface area contributed by atoms with Crippen LogP contribution < -0.4 is 10.6 Å². The van der Waals surface area contributed by atoms with Crippen molar-refractivity contribution in [2.45, 2.75) is 33.0 Å². The van der Waals surface area contributed by atoms with Crippen molar-refractivity contribution in [2.24, 2.45) is 0 Å². The van der Waals surface area contributed by atoms with Gasteiger partial charge in [-0.15, -0.1) is 11.3 Å². The van der Waals surface area contributed by atoms with E-state index in [0.717, 1.165) is 0 Å². The standard InChI is InChI=1S/C13H18N4OS/c1-10-4-7-19-12(10)8-14-13(18)16-11(2)9-17-6-3-5-15-17/h3-7,11H,8-9H2,1-2H3,(H2,14,16,18). The van der Waals surface area contributed by atoms with E-state index in [9.17, 15) is 4.79 Å². The van der Waals surface area contributed by atoms with Crippen molar-refractivity contribution >= 4 is 17.4 Å². The second kappa shape index (κ2) is 6.38. The van der Waals surface area contributed by atoms with Crippen molar-refractivity contribution in [3.8, 4) is 0 Å². The number of hydrogen-bond donors (Lipinski definition) is 2. The molecule has 0 bridgehead atoms. The lowest BCUT2D eigenvalue weighted by atomic mass is 10.3. The maximum Gasteiger partial charge on any atom is 0.315 e. The molecular weight excluding hydrogens is 260 g/mol. The summed E-state index contributed by atoms with van der Waals surface area (Å²) < 4.78 is 1.80. The summed E-state index contributed by atoms with van der Waals surface area (Å²) in [6.45, 7) is 5.24. The molecule has 102 valence electrons. The summed E-state index contributed by atoms with van der Waals surface area (Å²) >= 11 is 1.66. The van der Waals surface area contributed by atoms with Crippen LogP contribution in [-0.2, 0) is 13.1 Å². The first kappa shape index (κ1) is 13.6. The Morgan fingerprint density at radius 1 is 1.58 bits per heavy atom. The lowest BCUT2D eigenvalue weighted by Gasteiger charge is -2.14. The zero-order chi connectivity index (χ0) is 13.7. The summed E-state index contributed by atoms with van der Waals surface area (Å²) in [4.78, 5) is 12.9. The molecule has 0 aromatic carbocycles. The molecule has 2 amide bonds. The van der Waals surface area contributed by atoms with Crippen molar-refractivity contribution in [3.63, 3.8) is 0 Å². The first-order chi connectivity index (χ1) is 9.15. The Labute approximate surface area is 116 Å². The number of nitrogens with zero attached hydrogens (tertiary/aromatic N) is 2. The van der Waals surface area contributed by atoms with Crippen molar-refractivity contribution in [1.29, 1.82) is 0 Å². The summed E-state index contributed by atoms with van der Waals surface area (Å²) in [6, 6.07) is 3.81. The molecule has 0 spiro atoms. The van der Waals surface area contributed by atoms with Crippen LogP contribution in [0.2, 0.25) is 0 Å². The zero-order valence-electron chi connectivity index (χ0n) is 11.1. The Morgan fingerprint density at radius 3 is 3.05 bits per heavy atom. The van der Waals surface area contributed by atoms with Crippen LogP contribution in [0.1, 0.15) is 17.4 Å². The summed E-state index contributed by atoms with van der Waals surface area (Å²) in [5, 5.41) is 11.9. The number of thiophene rings is 1. The van der Waals surface area contributed by atoms with Gasteiger partial charge >= 0.3 is 6.03 Å². The predicted molar refractivity (Wildman–Crippen MR) is 76.1 cm³/mol. The smallest absolute Gasteiger partial charge is 0.315 e. The predicted octanol–water partition coefficient (Wildman–Crippen LogP) is 2.14. The van der Waals surface area contributed by atoms with Crippen LogP contribution in [0, 0.1) is 6.92 Å². The molecule has 0 radical (unpaired) electrons. The third kappa shape index (κ3) is 4.10. The molecule has 2 N–H and O–H groups in total. The third-order valence-electron chi connectivity index (χ3n) is 2.78. The van der Waals surface area contributed by atoms with E-state index in [1.54, 1.807) is 22.2 Å². The maximum absolute atomic E-state index is 11.7. The van der Waals surface area contributed by atoms with Gasteiger partial charge in [0.25, 0.3) is 0 Å². The van der Waals surface area contributed by atoms with Crippen LogP contribution in [0.5, 0.6) is 0 Å². The van der Waals surface area contributed by atoms with Crippen molar-refractivity contribution < 1.29 is 4.79 Å². The topological polar surface area (TPSA) is 59.0 Å². The zero-order valence-corrected chi connectivity index (χ0v) is 11.9. The van der Waals surface area contributed by atoms with Gasteiger partial charge in [-0.1, -0.05) is 0 Å². The lowest BCUT2D eigenvalue weighted by Crippen LogP contribution is -2.42. The molecule has 0 saturated heterocycles. The van der Waals surface area contributed by atoms with Crippen LogP contribution in [0.4, 0.5) is 4.79 Å². The second-order valence-electron chi connectivity index (χ2n) is 4.48. The van der Waals surface area contributed by atoms with Gasteiger partial charge in [-0.3, -0.25) is 4.68 Å². The first-order valence-electron chi connectivity index (χ1n) is 6.20. The van der Waals surface area contributed by atoms with Crippen LogP contribution in [0.15, 0.2) is 29.9 Å². The molecule has 0 fully saturated rings. The van der Waals surface area contributed by atoms with Crippen LogP contribution >= 0.6 is 11.3 Å². The van der Waals surface area contributed by atoms with Crippen molar-refractivity contribution in [3.05, 3.63) is 40.3 Å². The van der Waals surface area contributed by atoms with Gasteiger partial charge in [0.1, 0.15) is 0 Å². The van der Waals surface area contributed by atoms with Crippen LogP contribution in [-0.4, -0.2) is 21.9 Å². The summed E-state index contributed by atoms with van der Waals surface area (Å²) in [6.07, 6.45) is 3.61. The van der Waals surface area contributed by atoms with Gasteiger partial charge in [-0.2, -0.15) is 5.10 Å². The fourth-order valence-corrected chi connectivity index (χ4v) is 2.60. The minimum atomic E-state index is -0.146. The Bertz CT molecular complexity index is 520. The van der Waals surface area contributed by atoms with Gasteiger partial charge in [0.15, 0.2) is 0 Å². The Hall–Kier alpha value is -1.82. The molecule has 1 unspecified atom stereocenters. The Balaban J connectivity index is 1.73. The summed E-state index contributed by atoms with van der Waals surface area (Å²) in [5.74, 6) is 0. The largest absolute Gasteiger partial charge is 0.334 e. The van der Waals surface area contributed by atoms with Gasteiger partial charge in [0.05, 0.1) is 13.1 Å². The molecule has 2 aromatic heterocycles. The number of rotatable bonds is 5. The quantitative estimate of drug-likeness (QED) is 0.880. The SMILES string of the molecule is Cc1ccsc1CNC(=O)NC(C)Cn1cccn1. The fraction of sp³-hybridized carbons (Fsp3) is 0.385. The molecule has 0 aliphatic carbocycles. The van der Waals surface area contributed by atoms with E-state index in [0.29, 0.717) is 13.1 Å². The van der Waals surface area contributed by atoms with Gasteiger partial charge in [0.2, 0.25) is 0 Å². The van der Waals surface area contributed by atoms with E-state index in [1.165, 1.54) is 10.4 Å². The Kier molecular flexibility index (Phi) is 4.57. The second-order valence-corrected chi connectivity index (χ2v) is 5.48. The van der Waals surface area contributed by atoms with Crippen molar-refractivity contribution in [2.75, 3.05) is 0 Å². The van der Waals surface area contributed by atoms with E-state index < -0.39 is 0 Å². The highest BCUT2D eigenvalue weighted by Gasteiger charge is 2.08. The highest BCUT2D eigenvalue weighted by Crippen LogP contribution is 2.14. The number of carbonyl (C=O) groups is 1. The number of amides is 2. The number of hydrogen-bond acceptors (Lipinski definition) is 3. The molecule has 2 heterocycles. The molecule has 0 saturated carbocycles. The molecule has 2 aromatic rings. The van der Waals surface area contributed by atoms with E-state index in [-0.39, 0.29) is 12.1 Å². The molecule has 0 aliphatic heterocycles. The van der Waals surface area contributed by atoms with Crippen LogP contribution in [0.3, 0.4) is 0 Å². The molecule has 2 rings (SSSR count). The van der Waals surface area contributed by atoms with E-state index in [1.807, 2.05) is 31.5 Å². The number of nitrogens with one attached hydrogen (secondary N) is 2. The Morgan fingerprint density at radius 2 is 2.42 bits per heavy atom. The molecule has 0 aliphatic rings. The van der Waals surface area contributed by atoms with E-state index >= 15 is 0 Å². The average Bonchev–Trinajstić information content (AvgIpc) is 2.98. The molecule has 19 heavy (non-hydrogen) atoms. The molecular formula is C13H18N4OS. The third-order valence-corrected chi connectivity index (χ3v) is 3.80. The molecule has 5 nitrogen and oxygen atoms in total. The minimum Gasteiger partial charge on any atom is -0.334 e. The van der Waals surface area contributed by atoms with Crippen molar-refractivity contribution in [1.82, 2.24) is 20.4 Å².